The van der Waals surface area contributed by atoms with E-state index in [1.165, 1.54) is 61.6 Å². The van der Waals surface area contributed by atoms with Crippen LogP contribution >= 0.6 is 34.0 Å². The molecule has 0 saturated heterocycles. The molecule has 0 bridgehead atoms. The molecule has 0 nitrogen and oxygen atoms in total. The molecule has 0 aliphatic carbocycles. The highest BCUT2D eigenvalue weighted by atomic mass is 32.1. The van der Waals surface area contributed by atoms with Crippen LogP contribution in [0.5, 0.6) is 0 Å². The van der Waals surface area contributed by atoms with Crippen molar-refractivity contribution < 1.29 is 0 Å². The number of rotatable bonds is 6. The van der Waals surface area contributed by atoms with Crippen molar-refractivity contribution in [3.8, 4) is 0 Å². The van der Waals surface area contributed by atoms with E-state index < -0.39 is 0 Å². The van der Waals surface area contributed by atoms with Gasteiger partial charge in [0, 0.05) is 28.7 Å². The number of fused-ring (bicyclic) bond motifs is 3. The minimum atomic E-state index is 1.20. The molecule has 0 amide bonds. The average molecular weight is 553 g/mol. The van der Waals surface area contributed by atoms with Crippen molar-refractivity contribution in [2.45, 2.75) is 0 Å². The van der Waals surface area contributed by atoms with Crippen LogP contribution in [0.15, 0.2) is 109 Å². The number of benzene rings is 4. The summed E-state index contributed by atoms with van der Waals surface area (Å²) in [5.41, 5.74) is 3.59. The summed E-state index contributed by atoms with van der Waals surface area (Å²) in [7, 11) is 0. The van der Waals surface area contributed by atoms with Crippen molar-refractivity contribution >= 4 is 101 Å². The topological polar surface area (TPSA) is 0 Å². The Morgan fingerprint density at radius 3 is 0.949 bits per heavy atom. The Kier molecular flexibility index (Phi) is 6.55. The molecule has 0 saturated carbocycles. The molecule has 0 N–H and O–H groups in total. The molecule has 0 unspecified atom stereocenters. The Balaban J connectivity index is 1.22. The summed E-state index contributed by atoms with van der Waals surface area (Å²) >= 11 is 5.50. The van der Waals surface area contributed by atoms with Gasteiger partial charge in [-0.15, -0.1) is 34.0 Å². The maximum Gasteiger partial charge on any atom is 0.0349 e. The molecule has 7 rings (SSSR count). The van der Waals surface area contributed by atoms with Gasteiger partial charge in [-0.1, -0.05) is 72.8 Å². The zero-order valence-corrected chi connectivity index (χ0v) is 23.5. The van der Waals surface area contributed by atoms with Crippen molar-refractivity contribution in [2.24, 2.45) is 0 Å². The van der Waals surface area contributed by atoms with Gasteiger partial charge in [-0.25, -0.2) is 0 Å². The van der Waals surface area contributed by atoms with E-state index in [1.54, 1.807) is 0 Å². The second kappa shape index (κ2) is 10.6. The SMILES string of the molecule is C(=C\c1cc2ccccc2s1)/c1cc(/C=C/c2cc3ccccc3s2)cc(/C=C/c2cc3ccccc3s2)c1. The van der Waals surface area contributed by atoms with E-state index >= 15 is 0 Å². The zero-order chi connectivity index (χ0) is 26.0. The van der Waals surface area contributed by atoms with Crippen LogP contribution in [-0.2, 0) is 0 Å². The molecule has 0 spiro atoms. The molecule has 3 aromatic heterocycles. The summed E-state index contributed by atoms with van der Waals surface area (Å²) in [6, 6.07) is 39.3. The Morgan fingerprint density at radius 2 is 0.641 bits per heavy atom. The van der Waals surface area contributed by atoms with Crippen LogP contribution in [0.4, 0.5) is 0 Å². The van der Waals surface area contributed by atoms with Crippen LogP contribution in [0, 0.1) is 0 Å². The minimum Gasteiger partial charge on any atom is -0.136 e. The van der Waals surface area contributed by atoms with Crippen LogP contribution in [0.2, 0.25) is 0 Å². The first kappa shape index (κ1) is 24.1. The maximum absolute atomic E-state index is 2.27. The Hall–Kier alpha value is -4.02. The summed E-state index contributed by atoms with van der Waals surface area (Å²) in [5, 5.41) is 3.90. The largest absolute Gasteiger partial charge is 0.136 e. The standard InChI is InChI=1S/C36H24S3/c1-4-10-34-28(7-1)22-31(37-34)16-13-25-19-26(14-17-32-23-29-8-2-5-11-35(29)38-32)21-27(20-25)15-18-33-24-30-9-3-6-12-36(30)39-33/h1-24H/b16-13+,17-14+,18-15+. The lowest BCUT2D eigenvalue weighted by atomic mass is 10.0. The molecule has 0 atom stereocenters. The number of hydrogen-bond acceptors (Lipinski definition) is 3. The minimum absolute atomic E-state index is 1.20. The lowest BCUT2D eigenvalue weighted by Gasteiger charge is -2.02. The van der Waals surface area contributed by atoms with Gasteiger partial charge in [0.1, 0.15) is 0 Å². The highest BCUT2D eigenvalue weighted by Gasteiger charge is 2.02. The van der Waals surface area contributed by atoms with Crippen LogP contribution in [-0.4, -0.2) is 0 Å². The van der Waals surface area contributed by atoms with Gasteiger partial charge in [-0.3, -0.25) is 0 Å². The molecule has 0 aliphatic heterocycles. The third-order valence-electron chi connectivity index (χ3n) is 6.65. The third-order valence-corrected chi connectivity index (χ3v) is 9.90. The Morgan fingerprint density at radius 1 is 0.333 bits per heavy atom. The van der Waals surface area contributed by atoms with Crippen molar-refractivity contribution in [1.29, 1.82) is 0 Å². The smallest absolute Gasteiger partial charge is 0.0349 e. The van der Waals surface area contributed by atoms with Gasteiger partial charge in [0.25, 0.3) is 0 Å². The highest BCUT2D eigenvalue weighted by Crippen LogP contribution is 2.30. The first-order valence-electron chi connectivity index (χ1n) is 12.9. The molecular formula is C36H24S3. The molecule has 3 heterocycles. The fourth-order valence-electron chi connectivity index (χ4n) is 4.78. The van der Waals surface area contributed by atoms with Gasteiger partial charge >= 0.3 is 0 Å². The van der Waals surface area contributed by atoms with Gasteiger partial charge in [0.15, 0.2) is 0 Å². The summed E-state index contributed by atoms with van der Waals surface area (Å²) in [6.45, 7) is 0. The Labute approximate surface area is 240 Å². The quantitative estimate of drug-likeness (QED) is 0.192. The molecule has 0 fully saturated rings. The molecular weight excluding hydrogens is 529 g/mol. The first-order chi connectivity index (χ1) is 19.2. The van der Waals surface area contributed by atoms with E-state index in [0.29, 0.717) is 0 Å². The molecule has 3 heteroatoms. The van der Waals surface area contributed by atoms with Crippen LogP contribution in [0.3, 0.4) is 0 Å². The lowest BCUT2D eigenvalue weighted by Crippen LogP contribution is -1.81. The van der Waals surface area contributed by atoms with E-state index in [0.717, 1.165) is 0 Å². The fraction of sp³-hybridized carbons (Fsp3) is 0. The van der Waals surface area contributed by atoms with Gasteiger partial charge in [-0.05, 0) is 106 Å². The molecule has 0 aliphatic rings. The highest BCUT2D eigenvalue weighted by molar-refractivity contribution is 7.20. The second-order valence-corrected chi connectivity index (χ2v) is 12.8. The van der Waals surface area contributed by atoms with E-state index in [2.05, 4.69) is 146 Å². The van der Waals surface area contributed by atoms with E-state index in [4.69, 9.17) is 0 Å². The van der Waals surface area contributed by atoms with E-state index in [-0.39, 0.29) is 0 Å². The summed E-state index contributed by atoms with van der Waals surface area (Å²) in [4.78, 5) is 3.80. The molecule has 39 heavy (non-hydrogen) atoms. The predicted octanol–water partition coefficient (Wildman–Crippen LogP) is 11.8. The maximum atomic E-state index is 2.27. The predicted molar refractivity (Wildman–Crippen MR) is 179 cm³/mol. The Bertz CT molecular complexity index is 1680. The van der Waals surface area contributed by atoms with Crippen molar-refractivity contribution in [2.75, 3.05) is 0 Å². The van der Waals surface area contributed by atoms with Crippen molar-refractivity contribution in [1.82, 2.24) is 0 Å². The zero-order valence-electron chi connectivity index (χ0n) is 21.1. The summed E-state index contributed by atoms with van der Waals surface area (Å²) in [5.74, 6) is 0. The summed E-state index contributed by atoms with van der Waals surface area (Å²) in [6.07, 6.45) is 13.4. The van der Waals surface area contributed by atoms with E-state index in [1.807, 2.05) is 34.0 Å². The lowest BCUT2D eigenvalue weighted by molar-refractivity contribution is 1.59. The van der Waals surface area contributed by atoms with Crippen molar-refractivity contribution in [3.05, 3.63) is 141 Å². The van der Waals surface area contributed by atoms with Crippen LogP contribution < -0.4 is 0 Å². The van der Waals surface area contributed by atoms with Crippen LogP contribution in [0.25, 0.3) is 66.7 Å². The van der Waals surface area contributed by atoms with Gasteiger partial charge in [0.2, 0.25) is 0 Å². The second-order valence-electron chi connectivity index (χ2n) is 9.49. The normalized spacial score (nSPS) is 12.3. The van der Waals surface area contributed by atoms with E-state index in [9.17, 15) is 0 Å². The van der Waals surface area contributed by atoms with Gasteiger partial charge in [-0.2, -0.15) is 0 Å². The molecule has 4 aromatic carbocycles. The first-order valence-corrected chi connectivity index (χ1v) is 15.4. The molecule has 0 radical (unpaired) electrons. The van der Waals surface area contributed by atoms with Crippen molar-refractivity contribution in [3.63, 3.8) is 0 Å². The molecule has 7 aromatic rings. The van der Waals surface area contributed by atoms with Gasteiger partial charge < -0.3 is 0 Å². The third kappa shape index (κ3) is 5.43. The summed E-state index contributed by atoms with van der Waals surface area (Å²) < 4.78 is 3.97. The number of hydrogen-bond donors (Lipinski definition) is 0. The number of thiophene rings is 3. The molecule has 186 valence electrons. The monoisotopic (exact) mass is 552 g/mol. The van der Waals surface area contributed by atoms with Gasteiger partial charge in [0.05, 0.1) is 0 Å². The average Bonchev–Trinajstić information content (AvgIpc) is 3.69. The fourth-order valence-corrected chi connectivity index (χ4v) is 7.68. The van der Waals surface area contributed by atoms with Crippen LogP contribution in [0.1, 0.15) is 31.3 Å².